The molecule has 0 radical (unpaired) electrons. The highest BCUT2D eigenvalue weighted by atomic mass is 16.5. The van der Waals surface area contributed by atoms with E-state index >= 15 is 0 Å². The molecule has 0 aromatic heterocycles. The fourth-order valence-electron chi connectivity index (χ4n) is 4.39. The van der Waals surface area contributed by atoms with Crippen LogP contribution in [0.3, 0.4) is 0 Å². The van der Waals surface area contributed by atoms with E-state index in [0.717, 1.165) is 32.2 Å². The Balaban J connectivity index is 1.57. The smallest absolute Gasteiger partial charge is 0.337 e. The van der Waals surface area contributed by atoms with Gasteiger partial charge in [0.05, 0.1) is 18.1 Å². The van der Waals surface area contributed by atoms with Crippen molar-refractivity contribution in [2.24, 2.45) is 5.41 Å². The predicted octanol–water partition coefficient (Wildman–Crippen LogP) is 2.73. The average Bonchev–Trinajstić information content (AvgIpc) is 2.82. The van der Waals surface area contributed by atoms with Crippen molar-refractivity contribution in [3.8, 4) is 0 Å². The third-order valence-corrected chi connectivity index (χ3v) is 6.09. The van der Waals surface area contributed by atoms with Gasteiger partial charge in [-0.2, -0.15) is 0 Å². The number of ether oxygens (including phenoxy) is 1. The lowest BCUT2D eigenvalue weighted by Gasteiger charge is -2.38. The molecule has 1 spiro atoms. The normalized spacial score (nSPS) is 27.0. The molecule has 3 aliphatic rings. The number of hydrogen-bond acceptors (Lipinski definition) is 3. The molecule has 0 N–H and O–H groups in total. The van der Waals surface area contributed by atoms with Crippen LogP contribution in [0.5, 0.6) is 0 Å². The molecule has 1 heterocycles. The van der Waals surface area contributed by atoms with Crippen molar-refractivity contribution < 1.29 is 14.3 Å². The number of carbonyl (C=O) groups is 2. The van der Waals surface area contributed by atoms with Gasteiger partial charge in [-0.3, -0.25) is 4.79 Å². The molecule has 1 aromatic carbocycles. The van der Waals surface area contributed by atoms with Crippen LogP contribution in [0.1, 0.15) is 53.6 Å². The molecular weight excluding hydrogens is 290 g/mol. The SMILES string of the molecule is COC(=O)c1ccc2c(c1)CCC1(CCN(C3CCC3)C1=O)C2. The summed E-state index contributed by atoms with van der Waals surface area (Å²) in [6.07, 6.45) is 7.23. The summed E-state index contributed by atoms with van der Waals surface area (Å²) in [5.41, 5.74) is 2.85. The number of likely N-dealkylation sites (tertiary alicyclic amines) is 1. The minimum atomic E-state index is -0.291. The lowest BCUT2D eigenvalue weighted by molar-refractivity contribution is -0.139. The van der Waals surface area contributed by atoms with Gasteiger partial charge in [0.1, 0.15) is 0 Å². The van der Waals surface area contributed by atoms with Crippen LogP contribution < -0.4 is 0 Å². The van der Waals surface area contributed by atoms with Crippen molar-refractivity contribution in [3.05, 3.63) is 34.9 Å². The zero-order chi connectivity index (χ0) is 16.0. The van der Waals surface area contributed by atoms with E-state index in [0.29, 0.717) is 17.5 Å². The molecule has 122 valence electrons. The summed E-state index contributed by atoms with van der Waals surface area (Å²) in [5.74, 6) is 0.0890. The second-order valence-corrected chi connectivity index (χ2v) is 7.27. The molecule has 1 aromatic rings. The summed E-state index contributed by atoms with van der Waals surface area (Å²) in [6, 6.07) is 6.29. The maximum Gasteiger partial charge on any atom is 0.337 e. The molecule has 1 aliphatic heterocycles. The number of fused-ring (bicyclic) bond motifs is 1. The summed E-state index contributed by atoms with van der Waals surface area (Å²) in [7, 11) is 1.41. The van der Waals surface area contributed by atoms with Gasteiger partial charge in [0, 0.05) is 12.6 Å². The quantitative estimate of drug-likeness (QED) is 0.789. The van der Waals surface area contributed by atoms with Gasteiger partial charge in [-0.1, -0.05) is 6.07 Å². The Morgan fingerprint density at radius 2 is 2.09 bits per heavy atom. The molecular formula is C19H23NO3. The van der Waals surface area contributed by atoms with Gasteiger partial charge in [0.15, 0.2) is 0 Å². The Morgan fingerprint density at radius 3 is 2.78 bits per heavy atom. The van der Waals surface area contributed by atoms with Crippen molar-refractivity contribution in [3.63, 3.8) is 0 Å². The first-order valence-corrected chi connectivity index (χ1v) is 8.64. The van der Waals surface area contributed by atoms with Crippen LogP contribution in [0.25, 0.3) is 0 Å². The second-order valence-electron chi connectivity index (χ2n) is 7.27. The average molecular weight is 313 g/mol. The number of rotatable bonds is 2. The number of amides is 1. The Hall–Kier alpha value is -1.84. The van der Waals surface area contributed by atoms with E-state index in [4.69, 9.17) is 4.74 Å². The monoisotopic (exact) mass is 313 g/mol. The zero-order valence-corrected chi connectivity index (χ0v) is 13.6. The lowest BCUT2D eigenvalue weighted by Crippen LogP contribution is -2.45. The number of esters is 1. The fraction of sp³-hybridized carbons (Fsp3) is 0.579. The van der Waals surface area contributed by atoms with Gasteiger partial charge in [-0.15, -0.1) is 0 Å². The van der Waals surface area contributed by atoms with Crippen LogP contribution in [-0.2, 0) is 22.4 Å². The minimum Gasteiger partial charge on any atom is -0.465 e. The van der Waals surface area contributed by atoms with Gasteiger partial charge in [-0.05, 0) is 68.2 Å². The van der Waals surface area contributed by atoms with E-state index in [1.807, 2.05) is 18.2 Å². The number of benzene rings is 1. The highest BCUT2D eigenvalue weighted by Crippen LogP contribution is 2.46. The number of carbonyl (C=O) groups excluding carboxylic acids is 2. The number of nitrogens with zero attached hydrogens (tertiary/aromatic N) is 1. The van der Waals surface area contributed by atoms with Gasteiger partial charge < -0.3 is 9.64 Å². The molecule has 0 bridgehead atoms. The standard InChI is InChI=1S/C19H23NO3/c1-23-17(21)14-5-6-15-12-19(8-7-13(15)11-14)9-10-20(18(19)22)16-3-2-4-16/h5-6,11,16H,2-4,7-10,12H2,1H3. The van der Waals surface area contributed by atoms with Gasteiger partial charge in [0.2, 0.25) is 5.91 Å². The summed E-state index contributed by atoms with van der Waals surface area (Å²) in [6.45, 7) is 0.930. The van der Waals surface area contributed by atoms with E-state index in [1.54, 1.807) is 0 Å². The highest BCUT2D eigenvalue weighted by Gasteiger charge is 2.50. The van der Waals surface area contributed by atoms with Crippen LogP contribution in [0.4, 0.5) is 0 Å². The molecule has 2 aliphatic carbocycles. The molecule has 1 amide bonds. The van der Waals surface area contributed by atoms with Crippen LogP contribution in [0, 0.1) is 5.41 Å². The van der Waals surface area contributed by atoms with Gasteiger partial charge >= 0.3 is 5.97 Å². The Bertz CT molecular complexity index is 665. The van der Waals surface area contributed by atoms with Crippen molar-refractivity contribution >= 4 is 11.9 Å². The van der Waals surface area contributed by atoms with Crippen molar-refractivity contribution in [2.75, 3.05) is 13.7 Å². The van der Waals surface area contributed by atoms with Crippen LogP contribution in [0.15, 0.2) is 18.2 Å². The molecule has 1 saturated carbocycles. The third-order valence-electron chi connectivity index (χ3n) is 6.09. The highest BCUT2D eigenvalue weighted by molar-refractivity contribution is 5.90. The van der Waals surface area contributed by atoms with Crippen LogP contribution in [-0.4, -0.2) is 36.5 Å². The fourth-order valence-corrected chi connectivity index (χ4v) is 4.39. The maximum atomic E-state index is 13.0. The van der Waals surface area contributed by atoms with E-state index in [1.165, 1.54) is 37.5 Å². The van der Waals surface area contributed by atoms with E-state index in [9.17, 15) is 9.59 Å². The van der Waals surface area contributed by atoms with Gasteiger partial charge in [-0.25, -0.2) is 4.79 Å². The van der Waals surface area contributed by atoms with Crippen molar-refractivity contribution in [2.45, 2.75) is 51.0 Å². The Labute approximate surface area is 136 Å². The number of aryl methyl sites for hydroxylation is 1. The molecule has 1 saturated heterocycles. The van der Waals surface area contributed by atoms with E-state index < -0.39 is 0 Å². The van der Waals surface area contributed by atoms with Gasteiger partial charge in [0.25, 0.3) is 0 Å². The topological polar surface area (TPSA) is 46.6 Å². The first-order valence-electron chi connectivity index (χ1n) is 8.64. The molecule has 1 unspecified atom stereocenters. The van der Waals surface area contributed by atoms with E-state index in [2.05, 4.69) is 4.90 Å². The maximum absolute atomic E-state index is 13.0. The molecule has 1 atom stereocenters. The predicted molar refractivity (Wildman–Crippen MR) is 86.2 cm³/mol. The number of hydrogen-bond donors (Lipinski definition) is 0. The number of methoxy groups -OCH3 is 1. The van der Waals surface area contributed by atoms with Crippen LogP contribution >= 0.6 is 0 Å². The Kier molecular flexibility index (Phi) is 3.43. The largest absolute Gasteiger partial charge is 0.465 e. The summed E-state index contributed by atoms with van der Waals surface area (Å²) in [4.78, 5) is 26.8. The molecule has 4 rings (SSSR count). The van der Waals surface area contributed by atoms with Crippen LogP contribution in [0.2, 0.25) is 0 Å². The summed E-state index contributed by atoms with van der Waals surface area (Å²) >= 11 is 0. The lowest BCUT2D eigenvalue weighted by atomic mass is 9.70. The third kappa shape index (κ3) is 2.27. The first-order chi connectivity index (χ1) is 11.1. The molecule has 23 heavy (non-hydrogen) atoms. The summed E-state index contributed by atoms with van der Waals surface area (Å²) in [5, 5.41) is 0. The van der Waals surface area contributed by atoms with Crippen molar-refractivity contribution in [1.82, 2.24) is 4.90 Å². The van der Waals surface area contributed by atoms with Crippen molar-refractivity contribution in [1.29, 1.82) is 0 Å². The second kappa shape index (κ2) is 5.36. The Morgan fingerprint density at radius 1 is 1.26 bits per heavy atom. The minimum absolute atomic E-state index is 0.185. The summed E-state index contributed by atoms with van der Waals surface area (Å²) < 4.78 is 4.80. The molecule has 2 fully saturated rings. The zero-order valence-electron chi connectivity index (χ0n) is 13.6. The van der Waals surface area contributed by atoms with E-state index in [-0.39, 0.29) is 11.4 Å². The molecule has 4 nitrogen and oxygen atoms in total. The molecule has 4 heteroatoms. The first kappa shape index (κ1) is 14.7.